The van der Waals surface area contributed by atoms with Gasteiger partial charge in [-0.2, -0.15) is 0 Å². The maximum Gasteiger partial charge on any atom is 0.248 e. The molecule has 92 valence electrons. The zero-order valence-electron chi connectivity index (χ0n) is 9.90. The third-order valence-electron chi connectivity index (χ3n) is 3.05. The molecule has 5 nitrogen and oxygen atoms in total. The van der Waals surface area contributed by atoms with Crippen LogP contribution in [0.5, 0.6) is 0 Å². The van der Waals surface area contributed by atoms with E-state index in [4.69, 9.17) is 0 Å². The largest absolute Gasteiger partial charge is 0.340 e. The highest BCUT2D eigenvalue weighted by atomic mass is 32.1. The zero-order chi connectivity index (χ0) is 12.5. The molecule has 0 bridgehead atoms. The molecule has 1 N–H and O–H groups in total. The van der Waals surface area contributed by atoms with Gasteiger partial charge < -0.3 is 10.2 Å². The predicted molar refractivity (Wildman–Crippen MR) is 64.4 cm³/mol. The normalized spacial score (nSPS) is 24.9. The fourth-order valence-corrected chi connectivity index (χ4v) is 2.42. The second-order valence-corrected chi connectivity index (χ2v) is 5.09. The van der Waals surface area contributed by atoms with Gasteiger partial charge in [-0.1, -0.05) is 6.92 Å². The molecule has 2 amide bonds. The lowest BCUT2D eigenvalue weighted by Gasteiger charge is -2.38. The van der Waals surface area contributed by atoms with E-state index in [0.717, 1.165) is 5.69 Å². The van der Waals surface area contributed by atoms with Crippen LogP contribution in [-0.4, -0.2) is 33.8 Å². The molecule has 0 aliphatic carbocycles. The first kappa shape index (κ1) is 12.0. The Morgan fingerprint density at radius 3 is 2.94 bits per heavy atom. The third kappa shape index (κ3) is 2.31. The van der Waals surface area contributed by atoms with Crippen molar-refractivity contribution < 1.29 is 9.59 Å². The molecule has 1 atom stereocenters. The molecule has 1 aromatic heterocycles. The Bertz CT molecular complexity index is 432. The summed E-state index contributed by atoms with van der Waals surface area (Å²) in [6.07, 6.45) is 0.588. The van der Waals surface area contributed by atoms with E-state index >= 15 is 0 Å². The van der Waals surface area contributed by atoms with Gasteiger partial charge in [0.25, 0.3) is 0 Å². The number of nitrogens with one attached hydrogen (secondary N) is 1. The quantitative estimate of drug-likeness (QED) is 0.865. The van der Waals surface area contributed by atoms with Gasteiger partial charge in [0.2, 0.25) is 11.8 Å². The van der Waals surface area contributed by atoms with E-state index < -0.39 is 5.54 Å². The maximum absolute atomic E-state index is 12.2. The molecule has 0 spiro atoms. The number of carbonyl (C=O) groups excluding carboxylic acids is 2. The zero-order valence-corrected chi connectivity index (χ0v) is 10.7. The van der Waals surface area contributed by atoms with E-state index in [2.05, 4.69) is 10.3 Å². The molecule has 1 aliphatic rings. The smallest absolute Gasteiger partial charge is 0.248 e. The number of amides is 2. The highest BCUT2D eigenvalue weighted by Crippen LogP contribution is 2.19. The first-order valence-corrected chi connectivity index (χ1v) is 6.47. The number of carbonyl (C=O) groups is 2. The van der Waals surface area contributed by atoms with Gasteiger partial charge in [-0.05, 0) is 13.3 Å². The van der Waals surface area contributed by atoms with Crippen LogP contribution in [-0.2, 0) is 16.1 Å². The number of aromatic nitrogens is 1. The van der Waals surface area contributed by atoms with Crippen LogP contribution in [0.3, 0.4) is 0 Å². The first-order valence-electron chi connectivity index (χ1n) is 5.52. The molecule has 1 fully saturated rings. The molecule has 0 saturated carbocycles. The number of piperazine rings is 1. The highest BCUT2D eigenvalue weighted by Gasteiger charge is 2.41. The minimum absolute atomic E-state index is 0.0346. The van der Waals surface area contributed by atoms with Crippen molar-refractivity contribution in [3.05, 3.63) is 16.6 Å². The molecule has 1 saturated heterocycles. The van der Waals surface area contributed by atoms with E-state index in [-0.39, 0.29) is 18.4 Å². The van der Waals surface area contributed by atoms with Gasteiger partial charge in [0, 0.05) is 5.38 Å². The van der Waals surface area contributed by atoms with Gasteiger partial charge in [0.05, 0.1) is 17.7 Å². The lowest BCUT2D eigenvalue weighted by molar-refractivity contribution is -0.150. The van der Waals surface area contributed by atoms with E-state index in [1.54, 1.807) is 17.3 Å². The summed E-state index contributed by atoms with van der Waals surface area (Å²) < 4.78 is 0. The average Bonchev–Trinajstić information content (AvgIpc) is 2.78. The van der Waals surface area contributed by atoms with Crippen LogP contribution in [0.4, 0.5) is 0 Å². The molecule has 0 radical (unpaired) electrons. The summed E-state index contributed by atoms with van der Waals surface area (Å²) in [5, 5.41) is 4.65. The summed E-state index contributed by atoms with van der Waals surface area (Å²) in [5.74, 6) is -0.142. The summed E-state index contributed by atoms with van der Waals surface area (Å²) in [7, 11) is 0. The summed E-state index contributed by atoms with van der Waals surface area (Å²) in [4.78, 5) is 29.5. The van der Waals surface area contributed by atoms with Crippen molar-refractivity contribution in [2.45, 2.75) is 32.4 Å². The van der Waals surface area contributed by atoms with Crippen LogP contribution >= 0.6 is 11.3 Å². The van der Waals surface area contributed by atoms with Crippen molar-refractivity contribution in [2.24, 2.45) is 0 Å². The maximum atomic E-state index is 12.2. The molecular formula is C11H15N3O2S. The van der Waals surface area contributed by atoms with Crippen molar-refractivity contribution in [1.29, 1.82) is 0 Å². The number of hydrogen-bond acceptors (Lipinski definition) is 4. The first-order chi connectivity index (χ1) is 8.05. The van der Waals surface area contributed by atoms with Crippen LogP contribution in [0, 0.1) is 0 Å². The monoisotopic (exact) mass is 253 g/mol. The Hall–Kier alpha value is -1.43. The number of rotatable bonds is 3. The van der Waals surface area contributed by atoms with E-state index in [9.17, 15) is 9.59 Å². The van der Waals surface area contributed by atoms with Gasteiger partial charge in [0.15, 0.2) is 0 Å². The Balaban J connectivity index is 2.16. The van der Waals surface area contributed by atoms with E-state index in [0.29, 0.717) is 13.0 Å². The van der Waals surface area contributed by atoms with Crippen molar-refractivity contribution >= 4 is 23.2 Å². The van der Waals surface area contributed by atoms with Crippen molar-refractivity contribution in [3.8, 4) is 0 Å². The minimum Gasteiger partial charge on any atom is -0.340 e. The molecular weight excluding hydrogens is 238 g/mol. The van der Waals surface area contributed by atoms with Gasteiger partial charge in [-0.3, -0.25) is 9.59 Å². The van der Waals surface area contributed by atoms with Gasteiger partial charge >= 0.3 is 0 Å². The van der Waals surface area contributed by atoms with Crippen LogP contribution in [0.15, 0.2) is 10.9 Å². The van der Waals surface area contributed by atoms with Crippen LogP contribution < -0.4 is 5.32 Å². The van der Waals surface area contributed by atoms with E-state index in [1.807, 2.05) is 12.3 Å². The highest BCUT2D eigenvalue weighted by molar-refractivity contribution is 7.07. The summed E-state index contributed by atoms with van der Waals surface area (Å²) in [6.45, 7) is 4.18. The van der Waals surface area contributed by atoms with E-state index in [1.165, 1.54) is 11.3 Å². The molecule has 0 aromatic carbocycles. The fraction of sp³-hybridized carbons (Fsp3) is 0.545. The second kappa shape index (κ2) is 4.44. The SMILES string of the molecule is CCC1(C)NC(=O)CN(Cc2cscn2)C1=O. The Kier molecular flexibility index (Phi) is 3.15. The van der Waals surface area contributed by atoms with Gasteiger partial charge in [-0.15, -0.1) is 11.3 Å². The Labute approximate surface area is 104 Å². The summed E-state index contributed by atoms with van der Waals surface area (Å²) in [6, 6.07) is 0. The van der Waals surface area contributed by atoms with Crippen molar-refractivity contribution in [2.75, 3.05) is 6.54 Å². The van der Waals surface area contributed by atoms with Crippen LogP contribution in [0.2, 0.25) is 0 Å². The molecule has 17 heavy (non-hydrogen) atoms. The van der Waals surface area contributed by atoms with Crippen molar-refractivity contribution in [3.63, 3.8) is 0 Å². The van der Waals surface area contributed by atoms with Gasteiger partial charge in [-0.25, -0.2) is 4.98 Å². The predicted octanol–water partition coefficient (Wildman–Crippen LogP) is 0.770. The summed E-state index contributed by atoms with van der Waals surface area (Å²) in [5.41, 5.74) is 1.78. The Morgan fingerprint density at radius 1 is 1.59 bits per heavy atom. The number of hydrogen-bond donors (Lipinski definition) is 1. The minimum atomic E-state index is -0.772. The number of nitrogens with zero attached hydrogens (tertiary/aromatic N) is 2. The van der Waals surface area contributed by atoms with Crippen LogP contribution in [0.1, 0.15) is 26.0 Å². The molecule has 1 unspecified atom stereocenters. The number of thiazole rings is 1. The molecule has 2 heterocycles. The average molecular weight is 253 g/mol. The molecule has 1 aliphatic heterocycles. The third-order valence-corrected chi connectivity index (χ3v) is 3.69. The van der Waals surface area contributed by atoms with Gasteiger partial charge in [0.1, 0.15) is 12.1 Å². The van der Waals surface area contributed by atoms with Crippen LogP contribution in [0.25, 0.3) is 0 Å². The molecule has 2 rings (SSSR count). The molecule has 1 aromatic rings. The summed E-state index contributed by atoms with van der Waals surface area (Å²) >= 11 is 1.49. The standard InChI is InChI=1S/C11H15N3O2S/c1-3-11(2)10(16)14(5-9(15)13-11)4-8-6-17-7-12-8/h6-7H,3-5H2,1-2H3,(H,13,15). The van der Waals surface area contributed by atoms with Crippen molar-refractivity contribution in [1.82, 2.24) is 15.2 Å². The Morgan fingerprint density at radius 2 is 2.35 bits per heavy atom. The lowest BCUT2D eigenvalue weighted by atomic mass is 9.94. The lowest BCUT2D eigenvalue weighted by Crippen LogP contribution is -2.64. The molecule has 6 heteroatoms. The fourth-order valence-electron chi connectivity index (χ4n) is 1.87. The topological polar surface area (TPSA) is 62.3 Å². The second-order valence-electron chi connectivity index (χ2n) is 4.37.